The second-order valence-corrected chi connectivity index (χ2v) is 5.44. The molecule has 0 saturated carbocycles. The summed E-state index contributed by atoms with van der Waals surface area (Å²) in [6.07, 6.45) is 1.97. The minimum Gasteiger partial charge on any atom is -0.494 e. The third kappa shape index (κ3) is 3.91. The second-order valence-electron chi connectivity index (χ2n) is 5.06. The lowest BCUT2D eigenvalue weighted by Gasteiger charge is -2.10. The van der Waals surface area contributed by atoms with Crippen molar-refractivity contribution in [2.24, 2.45) is 0 Å². The Morgan fingerprint density at radius 2 is 1.65 bits per heavy atom. The van der Waals surface area contributed by atoms with Crippen LogP contribution in [-0.4, -0.2) is 6.61 Å². The molecule has 2 nitrogen and oxygen atoms in total. The van der Waals surface area contributed by atoms with E-state index in [1.54, 1.807) is 0 Å². The fourth-order valence-electron chi connectivity index (χ4n) is 2.14. The van der Waals surface area contributed by atoms with Crippen molar-refractivity contribution in [2.45, 2.75) is 26.7 Å². The first kappa shape index (κ1) is 14.7. The summed E-state index contributed by atoms with van der Waals surface area (Å²) in [5.41, 5.74) is 9.86. The maximum absolute atomic E-state index is 6.14. The normalized spacial score (nSPS) is 10.6. The summed E-state index contributed by atoms with van der Waals surface area (Å²) >= 11 is 6.14. The summed E-state index contributed by atoms with van der Waals surface area (Å²) in [6, 6.07) is 12.0. The predicted molar refractivity (Wildman–Crippen MR) is 85.6 cm³/mol. The summed E-state index contributed by atoms with van der Waals surface area (Å²) in [4.78, 5) is 0. The predicted octanol–water partition coefficient (Wildman–Crippen LogP) is 4.55. The maximum Gasteiger partial charge on any atom is 0.119 e. The first-order chi connectivity index (χ1) is 9.56. The molecule has 0 amide bonds. The van der Waals surface area contributed by atoms with E-state index in [9.17, 15) is 0 Å². The number of ether oxygens (including phenoxy) is 1. The van der Waals surface area contributed by atoms with Gasteiger partial charge in [-0.3, -0.25) is 0 Å². The Balaban J connectivity index is 1.83. The molecule has 0 aromatic heterocycles. The summed E-state index contributed by atoms with van der Waals surface area (Å²) in [7, 11) is 0. The molecule has 2 aromatic rings. The standard InChI is InChI=1S/C17H20ClNO/c1-12-10-16(11-13(2)17(12)18)20-9-3-4-14-5-7-15(19)8-6-14/h5-8,10-11H,3-4,9,19H2,1-2H3. The Hall–Kier alpha value is -1.67. The number of aryl methyl sites for hydroxylation is 3. The molecular formula is C17H20ClNO. The van der Waals surface area contributed by atoms with Crippen LogP contribution in [0.4, 0.5) is 5.69 Å². The quantitative estimate of drug-likeness (QED) is 0.647. The van der Waals surface area contributed by atoms with Gasteiger partial charge < -0.3 is 10.5 Å². The van der Waals surface area contributed by atoms with Crippen LogP contribution in [0.3, 0.4) is 0 Å². The lowest BCUT2D eigenvalue weighted by atomic mass is 10.1. The van der Waals surface area contributed by atoms with Crippen molar-refractivity contribution in [3.63, 3.8) is 0 Å². The van der Waals surface area contributed by atoms with Gasteiger partial charge in [0, 0.05) is 10.7 Å². The van der Waals surface area contributed by atoms with Crippen molar-refractivity contribution in [3.8, 4) is 5.75 Å². The van der Waals surface area contributed by atoms with Crippen molar-refractivity contribution in [1.29, 1.82) is 0 Å². The lowest BCUT2D eigenvalue weighted by molar-refractivity contribution is 0.310. The van der Waals surface area contributed by atoms with Crippen LogP contribution in [0.1, 0.15) is 23.1 Å². The summed E-state index contributed by atoms with van der Waals surface area (Å²) in [6.45, 7) is 4.69. The molecule has 0 spiro atoms. The van der Waals surface area contributed by atoms with Crippen LogP contribution in [-0.2, 0) is 6.42 Å². The largest absolute Gasteiger partial charge is 0.494 e. The second kappa shape index (κ2) is 6.67. The third-order valence-corrected chi connectivity index (χ3v) is 3.86. The smallest absolute Gasteiger partial charge is 0.119 e. The van der Waals surface area contributed by atoms with E-state index in [0.29, 0.717) is 6.61 Å². The van der Waals surface area contributed by atoms with Gasteiger partial charge in [0.25, 0.3) is 0 Å². The van der Waals surface area contributed by atoms with Crippen LogP contribution in [0.15, 0.2) is 36.4 Å². The highest BCUT2D eigenvalue weighted by atomic mass is 35.5. The van der Waals surface area contributed by atoms with E-state index in [2.05, 4.69) is 12.1 Å². The van der Waals surface area contributed by atoms with E-state index in [0.717, 1.165) is 40.4 Å². The molecule has 3 heteroatoms. The summed E-state index contributed by atoms with van der Waals surface area (Å²) in [5.74, 6) is 0.890. The average molecular weight is 290 g/mol. The number of anilines is 1. The lowest BCUT2D eigenvalue weighted by Crippen LogP contribution is -2.00. The first-order valence-electron chi connectivity index (χ1n) is 6.80. The van der Waals surface area contributed by atoms with Gasteiger partial charge in [-0.2, -0.15) is 0 Å². The van der Waals surface area contributed by atoms with Crippen molar-refractivity contribution in [2.75, 3.05) is 12.3 Å². The molecule has 2 rings (SSSR count). The number of nitrogens with two attached hydrogens (primary N) is 1. The van der Waals surface area contributed by atoms with E-state index in [1.807, 2.05) is 38.1 Å². The van der Waals surface area contributed by atoms with E-state index < -0.39 is 0 Å². The highest BCUT2D eigenvalue weighted by Crippen LogP contribution is 2.25. The van der Waals surface area contributed by atoms with Crippen LogP contribution in [0, 0.1) is 13.8 Å². The average Bonchev–Trinajstić information content (AvgIpc) is 2.43. The van der Waals surface area contributed by atoms with Crippen molar-refractivity contribution in [1.82, 2.24) is 0 Å². The first-order valence-corrected chi connectivity index (χ1v) is 7.18. The molecule has 20 heavy (non-hydrogen) atoms. The molecule has 0 aliphatic rings. The van der Waals surface area contributed by atoms with Crippen LogP contribution in [0.2, 0.25) is 5.02 Å². The fourth-order valence-corrected chi connectivity index (χ4v) is 2.25. The highest BCUT2D eigenvalue weighted by Gasteiger charge is 2.03. The van der Waals surface area contributed by atoms with Gasteiger partial charge in [0.05, 0.1) is 6.61 Å². The van der Waals surface area contributed by atoms with Gasteiger partial charge in [-0.1, -0.05) is 23.7 Å². The monoisotopic (exact) mass is 289 g/mol. The molecule has 0 aliphatic heterocycles. The molecule has 0 bridgehead atoms. The Morgan fingerprint density at radius 3 is 2.25 bits per heavy atom. The van der Waals surface area contributed by atoms with Gasteiger partial charge in [-0.15, -0.1) is 0 Å². The molecular weight excluding hydrogens is 270 g/mol. The fraction of sp³-hybridized carbons (Fsp3) is 0.294. The highest BCUT2D eigenvalue weighted by molar-refractivity contribution is 6.32. The molecule has 0 unspecified atom stereocenters. The van der Waals surface area contributed by atoms with E-state index in [4.69, 9.17) is 22.1 Å². The molecule has 2 N–H and O–H groups in total. The Bertz CT molecular complexity index is 555. The number of halogens is 1. The van der Waals surface area contributed by atoms with Crippen molar-refractivity contribution >= 4 is 17.3 Å². The van der Waals surface area contributed by atoms with Crippen LogP contribution in [0.25, 0.3) is 0 Å². The number of nitrogen functional groups attached to an aromatic ring is 1. The minimum absolute atomic E-state index is 0.699. The van der Waals surface area contributed by atoms with E-state index >= 15 is 0 Å². The Kier molecular flexibility index (Phi) is 4.91. The zero-order valence-electron chi connectivity index (χ0n) is 11.9. The Labute approximate surface area is 125 Å². The number of benzene rings is 2. The van der Waals surface area contributed by atoms with Gasteiger partial charge >= 0.3 is 0 Å². The third-order valence-electron chi connectivity index (χ3n) is 3.27. The van der Waals surface area contributed by atoms with Crippen LogP contribution >= 0.6 is 11.6 Å². The van der Waals surface area contributed by atoms with Crippen molar-refractivity contribution < 1.29 is 4.74 Å². The number of hydrogen-bond donors (Lipinski definition) is 1. The molecule has 106 valence electrons. The molecule has 2 aromatic carbocycles. The minimum atomic E-state index is 0.699. The van der Waals surface area contributed by atoms with E-state index in [1.165, 1.54) is 5.56 Å². The van der Waals surface area contributed by atoms with Gasteiger partial charge in [-0.05, 0) is 67.6 Å². The van der Waals surface area contributed by atoms with Crippen LogP contribution < -0.4 is 10.5 Å². The molecule has 0 saturated heterocycles. The van der Waals surface area contributed by atoms with Gasteiger partial charge in [0.15, 0.2) is 0 Å². The number of rotatable bonds is 5. The number of hydrogen-bond acceptors (Lipinski definition) is 2. The maximum atomic E-state index is 6.14. The van der Waals surface area contributed by atoms with Crippen LogP contribution in [0.5, 0.6) is 5.75 Å². The molecule has 0 fully saturated rings. The molecule has 0 aliphatic carbocycles. The van der Waals surface area contributed by atoms with Crippen molar-refractivity contribution in [3.05, 3.63) is 58.1 Å². The van der Waals surface area contributed by atoms with Gasteiger partial charge in [0.1, 0.15) is 5.75 Å². The van der Waals surface area contributed by atoms with E-state index in [-0.39, 0.29) is 0 Å². The summed E-state index contributed by atoms with van der Waals surface area (Å²) in [5, 5.41) is 0.819. The molecule has 0 heterocycles. The summed E-state index contributed by atoms with van der Waals surface area (Å²) < 4.78 is 5.78. The SMILES string of the molecule is Cc1cc(OCCCc2ccc(N)cc2)cc(C)c1Cl. The molecule has 0 radical (unpaired) electrons. The zero-order chi connectivity index (χ0) is 14.5. The zero-order valence-corrected chi connectivity index (χ0v) is 12.7. The van der Waals surface area contributed by atoms with Gasteiger partial charge in [0.2, 0.25) is 0 Å². The molecule has 0 atom stereocenters. The topological polar surface area (TPSA) is 35.2 Å². The Morgan fingerprint density at radius 1 is 1.05 bits per heavy atom. The van der Waals surface area contributed by atoms with Gasteiger partial charge in [-0.25, -0.2) is 0 Å².